The second-order valence-electron chi connectivity index (χ2n) is 6.15. The van der Waals surface area contributed by atoms with Crippen LogP contribution < -0.4 is 4.90 Å². The smallest absolute Gasteiger partial charge is 0.250 e. The highest BCUT2D eigenvalue weighted by atomic mass is 32.2. The van der Waals surface area contributed by atoms with E-state index in [-0.39, 0.29) is 17.1 Å². The predicted molar refractivity (Wildman–Crippen MR) is 131 cm³/mol. The average molecular weight is 518 g/mol. The number of anilines is 1. The number of aromatic hydroxyl groups is 1. The Balaban J connectivity index is 1.82. The molecule has 0 bridgehead atoms. The third kappa shape index (κ3) is 5.59. The summed E-state index contributed by atoms with van der Waals surface area (Å²) < 4.78 is 4.15. The maximum atomic E-state index is 11.0. The normalized spacial score (nSPS) is 12.0. The van der Waals surface area contributed by atoms with Crippen LogP contribution in [0.2, 0.25) is 0 Å². The van der Waals surface area contributed by atoms with Gasteiger partial charge in [0, 0.05) is 48.8 Å². The predicted octanol–water partition coefficient (Wildman–Crippen LogP) is 7.19. The number of hydrogen-bond acceptors (Lipinski definition) is 16. The number of benzene rings is 1. The number of thiazole rings is 2. The van der Waals surface area contributed by atoms with Crippen LogP contribution in [0.5, 0.6) is 5.75 Å². The van der Waals surface area contributed by atoms with Crippen LogP contribution in [0.25, 0.3) is 0 Å². The second kappa shape index (κ2) is 10.6. The summed E-state index contributed by atoms with van der Waals surface area (Å²) in [5.41, 5.74) is 1.18. The molecule has 4 aromatic rings. The van der Waals surface area contributed by atoms with Gasteiger partial charge >= 0.3 is 0 Å². The Morgan fingerprint density at radius 2 is 1.52 bits per heavy atom. The first kappa shape index (κ1) is 23.0. The lowest BCUT2D eigenvalue weighted by molar-refractivity contribution is 0.477. The topological polar surface area (TPSA) is 149 Å². The van der Waals surface area contributed by atoms with Crippen LogP contribution in [0.1, 0.15) is 0 Å². The molecule has 0 fully saturated rings. The fraction of sp³-hybridized carbons (Fsp3) is 0.176. The number of nitrogens with zero attached hydrogens (tertiary/aromatic N) is 11. The van der Waals surface area contributed by atoms with E-state index in [1.165, 1.54) is 34.4 Å². The van der Waals surface area contributed by atoms with Gasteiger partial charge in [-0.05, 0) is 12.3 Å². The zero-order chi connectivity index (χ0) is 23.2. The number of phenolic OH excluding ortho intramolecular Hbond substituents is 1. The van der Waals surface area contributed by atoms with Crippen LogP contribution in [-0.4, -0.2) is 44.8 Å². The van der Waals surface area contributed by atoms with Gasteiger partial charge in [0.05, 0.1) is 5.69 Å². The highest BCUT2D eigenvalue weighted by Gasteiger charge is 2.21. The van der Waals surface area contributed by atoms with Gasteiger partial charge < -0.3 is 10.0 Å². The molecule has 0 aliphatic carbocycles. The zero-order valence-corrected chi connectivity index (χ0v) is 20.7. The Morgan fingerprint density at radius 1 is 0.879 bits per heavy atom. The summed E-state index contributed by atoms with van der Waals surface area (Å²) in [5.74, 6) is -0.217. The molecule has 0 amide bonds. The molecule has 0 saturated carbocycles. The van der Waals surface area contributed by atoms with Gasteiger partial charge in [-0.15, -0.1) is 53.4 Å². The van der Waals surface area contributed by atoms with Gasteiger partial charge in [-0.25, -0.2) is 9.97 Å². The van der Waals surface area contributed by atoms with E-state index >= 15 is 0 Å². The molecule has 168 valence electrons. The molecule has 0 spiro atoms. The molecule has 0 atom stereocenters. The molecule has 0 radical (unpaired) electrons. The monoisotopic (exact) mass is 517 g/mol. The highest BCUT2D eigenvalue weighted by molar-refractivity contribution is 7.98. The second-order valence-corrected chi connectivity index (χ2v) is 9.40. The Kier molecular flexibility index (Phi) is 7.38. The van der Waals surface area contributed by atoms with Crippen molar-refractivity contribution in [2.24, 2.45) is 30.7 Å². The van der Waals surface area contributed by atoms with Gasteiger partial charge in [0.25, 0.3) is 0 Å². The summed E-state index contributed by atoms with van der Waals surface area (Å²) >= 11 is 5.17. The van der Waals surface area contributed by atoms with Gasteiger partial charge in [0.1, 0.15) is 11.4 Å². The molecular formula is C17H15N11OS4. The van der Waals surface area contributed by atoms with Gasteiger partial charge in [-0.1, -0.05) is 11.8 Å². The van der Waals surface area contributed by atoms with E-state index in [1.807, 2.05) is 6.26 Å². The molecule has 0 saturated heterocycles. The quantitative estimate of drug-likeness (QED) is 0.192. The van der Waals surface area contributed by atoms with Crippen LogP contribution in [0, 0.1) is 0 Å². The third-order valence-corrected chi connectivity index (χ3v) is 6.37. The first-order valence-electron chi connectivity index (χ1n) is 9.04. The molecule has 0 aliphatic rings. The van der Waals surface area contributed by atoms with Crippen molar-refractivity contribution in [3.8, 4) is 5.75 Å². The van der Waals surface area contributed by atoms with E-state index in [2.05, 4.69) is 50.0 Å². The molecule has 4 rings (SSSR count). The molecule has 12 nitrogen and oxygen atoms in total. The molecule has 1 N–H and O–H groups in total. The molecule has 33 heavy (non-hydrogen) atoms. The van der Waals surface area contributed by atoms with Crippen molar-refractivity contribution < 1.29 is 5.11 Å². The van der Waals surface area contributed by atoms with Crippen LogP contribution >= 0.6 is 46.0 Å². The van der Waals surface area contributed by atoms with Crippen molar-refractivity contribution in [3.63, 3.8) is 0 Å². The molecule has 0 aliphatic heterocycles. The summed E-state index contributed by atoms with van der Waals surface area (Å²) in [7, 11) is 3.60. The minimum absolute atomic E-state index is 0.127. The lowest BCUT2D eigenvalue weighted by Gasteiger charge is -2.18. The molecule has 0 unspecified atom stereocenters. The lowest BCUT2D eigenvalue weighted by atomic mass is 10.1. The first-order chi connectivity index (χ1) is 16.0. The Morgan fingerprint density at radius 3 is 2.09 bits per heavy atom. The van der Waals surface area contributed by atoms with E-state index in [0.717, 1.165) is 11.5 Å². The van der Waals surface area contributed by atoms with Crippen molar-refractivity contribution in [2.75, 3.05) is 25.3 Å². The Labute approximate surface area is 204 Å². The number of phenols is 1. The van der Waals surface area contributed by atoms with Crippen LogP contribution in [0.3, 0.4) is 0 Å². The van der Waals surface area contributed by atoms with Gasteiger partial charge in [0.15, 0.2) is 11.4 Å². The Hall–Kier alpha value is -3.21. The maximum Gasteiger partial charge on any atom is 0.250 e. The summed E-state index contributed by atoms with van der Waals surface area (Å²) in [6, 6.07) is 1.56. The molecule has 3 heterocycles. The zero-order valence-electron chi connectivity index (χ0n) is 17.4. The summed E-state index contributed by atoms with van der Waals surface area (Å²) in [6.45, 7) is 0. The fourth-order valence-corrected chi connectivity index (χ4v) is 4.41. The van der Waals surface area contributed by atoms with Crippen molar-refractivity contribution in [3.05, 3.63) is 29.2 Å². The number of rotatable bonds is 8. The van der Waals surface area contributed by atoms with E-state index in [9.17, 15) is 5.11 Å². The van der Waals surface area contributed by atoms with Crippen molar-refractivity contribution in [2.45, 2.75) is 5.16 Å². The van der Waals surface area contributed by atoms with Crippen molar-refractivity contribution >= 4 is 84.1 Å². The fourth-order valence-electron chi connectivity index (χ4n) is 2.45. The minimum Gasteiger partial charge on any atom is -0.504 e. The molecule has 3 aromatic heterocycles. The minimum atomic E-state index is -0.217. The van der Waals surface area contributed by atoms with Crippen LogP contribution in [-0.2, 0) is 0 Å². The number of aromatic nitrogens is 4. The van der Waals surface area contributed by atoms with Gasteiger partial charge in [0.2, 0.25) is 20.6 Å². The number of thioether (sulfide) groups is 1. The molecule has 16 heteroatoms. The van der Waals surface area contributed by atoms with Gasteiger partial charge in [-0.2, -0.15) is 9.36 Å². The SMILES string of the molecule is CSc1nsc(N=Nc2cc(N=Nc3nccs3)c(N(C)C)c(N=Nc3nccs3)c2O)n1. The van der Waals surface area contributed by atoms with Crippen molar-refractivity contribution in [1.82, 2.24) is 19.3 Å². The molecule has 1 aromatic carbocycles. The third-order valence-electron chi connectivity index (χ3n) is 3.79. The van der Waals surface area contributed by atoms with E-state index in [4.69, 9.17) is 0 Å². The van der Waals surface area contributed by atoms with E-state index in [0.29, 0.717) is 31.9 Å². The number of hydrogen-bond donors (Lipinski definition) is 1. The summed E-state index contributed by atoms with van der Waals surface area (Å²) in [6.07, 6.45) is 5.13. The highest BCUT2D eigenvalue weighted by Crippen LogP contribution is 2.50. The lowest BCUT2D eigenvalue weighted by Crippen LogP contribution is -2.09. The standard InChI is InChI=1S/C17H15N11OS4/c1-28(2)12-9(21-24-14-18-4-6-31-14)8-10(22-26-16-20-17(30-3)27-33-16)13(29)11(12)23-25-15-19-5-7-32-15/h4-8,29H,1-3H3. The van der Waals surface area contributed by atoms with Crippen LogP contribution in [0.15, 0.2) is 65.1 Å². The Bertz CT molecular complexity index is 1300. The summed E-state index contributed by atoms with van der Waals surface area (Å²) in [5, 5.41) is 41.6. The summed E-state index contributed by atoms with van der Waals surface area (Å²) in [4.78, 5) is 14.2. The van der Waals surface area contributed by atoms with E-state index < -0.39 is 0 Å². The largest absolute Gasteiger partial charge is 0.504 e. The van der Waals surface area contributed by atoms with E-state index in [1.54, 1.807) is 48.2 Å². The maximum absolute atomic E-state index is 11.0. The van der Waals surface area contributed by atoms with Crippen molar-refractivity contribution in [1.29, 1.82) is 0 Å². The molecular weight excluding hydrogens is 503 g/mol. The number of azo groups is 3. The average Bonchev–Trinajstić information content (AvgIpc) is 3.59. The van der Waals surface area contributed by atoms with Gasteiger partial charge in [-0.3, -0.25) is 0 Å². The van der Waals surface area contributed by atoms with Crippen LogP contribution in [0.4, 0.5) is 38.1 Å². The first-order valence-corrected chi connectivity index (χ1v) is 12.8.